The van der Waals surface area contributed by atoms with Crippen LogP contribution in [0.1, 0.15) is 57.2 Å². The van der Waals surface area contributed by atoms with Crippen LogP contribution in [0.25, 0.3) is 5.57 Å². The lowest BCUT2D eigenvalue weighted by Gasteiger charge is -2.19. The fourth-order valence-electron chi connectivity index (χ4n) is 2.36. The minimum absolute atomic E-state index is 1.19. The first-order valence-corrected chi connectivity index (χ1v) is 7.04. The number of hydrogen-bond acceptors (Lipinski definition) is 0. The third-order valence-corrected chi connectivity index (χ3v) is 3.81. The van der Waals surface area contributed by atoms with Crippen LogP contribution in [0.5, 0.6) is 0 Å². The largest absolute Gasteiger partial charge is 0.0761 e. The van der Waals surface area contributed by atoms with Crippen molar-refractivity contribution in [2.75, 3.05) is 0 Å². The van der Waals surface area contributed by atoms with Crippen molar-refractivity contribution in [3.63, 3.8) is 0 Å². The molecule has 1 aliphatic carbocycles. The molecule has 0 saturated carbocycles. The van der Waals surface area contributed by atoms with Crippen molar-refractivity contribution in [2.45, 2.75) is 54.4 Å². The van der Waals surface area contributed by atoms with Crippen LogP contribution in [-0.2, 0) is 0 Å². The predicted molar refractivity (Wildman–Crippen MR) is 82.8 cm³/mol. The van der Waals surface area contributed by atoms with E-state index in [1.165, 1.54) is 40.7 Å². The zero-order valence-electron chi connectivity index (χ0n) is 12.7. The molecule has 0 N–H and O–H groups in total. The molecular formula is C18H26. The Morgan fingerprint density at radius 3 is 2.28 bits per heavy atom. The smallest absolute Gasteiger partial charge is 0.0153 e. The molecule has 0 aliphatic heterocycles. The van der Waals surface area contributed by atoms with Crippen molar-refractivity contribution < 1.29 is 0 Å². The van der Waals surface area contributed by atoms with Gasteiger partial charge in [-0.15, -0.1) is 0 Å². The second-order valence-electron chi connectivity index (χ2n) is 4.81. The second-order valence-corrected chi connectivity index (χ2v) is 4.81. The number of benzene rings is 1. The van der Waals surface area contributed by atoms with Crippen LogP contribution < -0.4 is 0 Å². The summed E-state index contributed by atoms with van der Waals surface area (Å²) in [6.07, 6.45) is 4.80. The van der Waals surface area contributed by atoms with Gasteiger partial charge >= 0.3 is 0 Å². The summed E-state index contributed by atoms with van der Waals surface area (Å²) in [5.41, 5.74) is 8.68. The molecule has 18 heavy (non-hydrogen) atoms. The second kappa shape index (κ2) is 6.58. The average molecular weight is 242 g/mol. The fraction of sp³-hybridized carbons (Fsp3) is 0.444. The molecule has 2 rings (SSSR count). The van der Waals surface area contributed by atoms with E-state index in [1.807, 2.05) is 13.8 Å². The summed E-state index contributed by atoms with van der Waals surface area (Å²) in [5, 5.41) is 0. The van der Waals surface area contributed by atoms with E-state index in [0.29, 0.717) is 0 Å². The van der Waals surface area contributed by atoms with Crippen molar-refractivity contribution in [3.8, 4) is 0 Å². The van der Waals surface area contributed by atoms with Gasteiger partial charge in [0.2, 0.25) is 0 Å². The summed E-state index contributed by atoms with van der Waals surface area (Å²) in [7, 11) is 0. The molecule has 0 saturated heterocycles. The highest BCUT2D eigenvalue weighted by atomic mass is 14.2. The van der Waals surface area contributed by atoms with Gasteiger partial charge in [-0.1, -0.05) is 43.7 Å². The number of aryl methyl sites for hydroxylation is 1. The van der Waals surface area contributed by atoms with Gasteiger partial charge in [0.05, 0.1) is 0 Å². The molecule has 0 amide bonds. The lowest BCUT2D eigenvalue weighted by molar-refractivity contribution is 0.944. The Labute approximate surface area is 112 Å². The van der Waals surface area contributed by atoms with E-state index in [-0.39, 0.29) is 0 Å². The van der Waals surface area contributed by atoms with Gasteiger partial charge in [-0.05, 0) is 68.4 Å². The summed E-state index contributed by atoms with van der Waals surface area (Å²) in [6, 6.07) is 6.60. The van der Waals surface area contributed by atoms with Gasteiger partial charge in [0.15, 0.2) is 0 Å². The molecule has 1 aliphatic rings. The Morgan fingerprint density at radius 1 is 0.944 bits per heavy atom. The van der Waals surface area contributed by atoms with E-state index < -0.39 is 0 Å². The summed E-state index contributed by atoms with van der Waals surface area (Å²) in [5.74, 6) is 0. The van der Waals surface area contributed by atoms with Gasteiger partial charge in [-0.2, -0.15) is 0 Å². The predicted octanol–water partition coefficient (Wildman–Crippen LogP) is 5.84. The maximum atomic E-state index is 2.39. The van der Waals surface area contributed by atoms with Gasteiger partial charge in [-0.3, -0.25) is 0 Å². The maximum Gasteiger partial charge on any atom is -0.0153 e. The van der Waals surface area contributed by atoms with Gasteiger partial charge in [0.1, 0.15) is 0 Å². The van der Waals surface area contributed by atoms with Gasteiger partial charge < -0.3 is 0 Å². The highest BCUT2D eigenvalue weighted by Gasteiger charge is 2.13. The molecule has 0 nitrogen and oxygen atoms in total. The van der Waals surface area contributed by atoms with Crippen molar-refractivity contribution in [1.29, 1.82) is 0 Å². The van der Waals surface area contributed by atoms with Crippen molar-refractivity contribution >= 4 is 5.57 Å². The molecule has 98 valence electrons. The average Bonchev–Trinajstić information content (AvgIpc) is 2.39. The van der Waals surface area contributed by atoms with E-state index in [4.69, 9.17) is 0 Å². The van der Waals surface area contributed by atoms with E-state index in [9.17, 15) is 0 Å². The first kappa shape index (κ1) is 14.8. The van der Waals surface area contributed by atoms with Crippen molar-refractivity contribution in [1.82, 2.24) is 0 Å². The quantitative estimate of drug-likeness (QED) is 0.580. The summed E-state index contributed by atoms with van der Waals surface area (Å²) < 4.78 is 0. The van der Waals surface area contributed by atoms with E-state index in [2.05, 4.69) is 52.0 Å². The number of hydrogen-bond donors (Lipinski definition) is 0. The molecule has 0 unspecified atom stereocenters. The summed E-state index contributed by atoms with van der Waals surface area (Å²) in [6.45, 7) is 12.9. The molecule has 0 aromatic heterocycles. The van der Waals surface area contributed by atoms with E-state index >= 15 is 0 Å². The lowest BCUT2D eigenvalue weighted by atomic mass is 9.86. The molecule has 0 radical (unpaired) electrons. The first-order valence-electron chi connectivity index (χ1n) is 7.04. The number of rotatable bonds is 1. The van der Waals surface area contributed by atoms with E-state index in [0.717, 1.165) is 0 Å². The first-order chi connectivity index (χ1) is 8.61. The fourth-order valence-corrected chi connectivity index (χ4v) is 2.36. The lowest BCUT2D eigenvalue weighted by Crippen LogP contribution is -1.99. The molecule has 1 aromatic carbocycles. The Bertz CT molecular complexity index is 473. The van der Waals surface area contributed by atoms with Crippen LogP contribution in [0.4, 0.5) is 0 Å². The Morgan fingerprint density at radius 2 is 1.61 bits per heavy atom. The molecule has 0 heterocycles. The minimum Gasteiger partial charge on any atom is -0.0761 e. The molecule has 0 bridgehead atoms. The molecular weight excluding hydrogens is 216 g/mol. The van der Waals surface area contributed by atoms with E-state index in [1.54, 1.807) is 5.57 Å². The molecule has 0 fully saturated rings. The highest BCUT2D eigenvalue weighted by Crippen LogP contribution is 2.33. The van der Waals surface area contributed by atoms with Crippen LogP contribution in [0.15, 0.2) is 35.4 Å². The summed E-state index contributed by atoms with van der Waals surface area (Å²) >= 11 is 0. The summed E-state index contributed by atoms with van der Waals surface area (Å²) in [4.78, 5) is 0. The maximum absolute atomic E-state index is 2.39. The van der Waals surface area contributed by atoms with Crippen LogP contribution in [-0.4, -0.2) is 0 Å². The third kappa shape index (κ3) is 2.93. The monoisotopic (exact) mass is 242 g/mol. The van der Waals surface area contributed by atoms with Gasteiger partial charge in [0, 0.05) is 0 Å². The molecule has 0 atom stereocenters. The number of allylic oxidation sites excluding steroid dienone is 4. The van der Waals surface area contributed by atoms with Gasteiger partial charge in [0.25, 0.3) is 0 Å². The van der Waals surface area contributed by atoms with Crippen LogP contribution >= 0.6 is 0 Å². The zero-order valence-corrected chi connectivity index (χ0v) is 12.7. The van der Waals surface area contributed by atoms with Gasteiger partial charge in [-0.25, -0.2) is 0 Å². The molecule has 0 heteroatoms. The van der Waals surface area contributed by atoms with Crippen LogP contribution in [0.3, 0.4) is 0 Å². The highest BCUT2D eigenvalue weighted by molar-refractivity contribution is 5.82. The standard InChI is InChI=1S/C16H20.C2H6/c1-11-7-5-9-15(13(11)3)16-10-6-8-12(2)14(16)4;1-2/h5,7,9-10H,6,8H2,1-4H3;1-2H3. The van der Waals surface area contributed by atoms with Crippen molar-refractivity contribution in [3.05, 3.63) is 52.1 Å². The zero-order chi connectivity index (χ0) is 13.7. The Hall–Kier alpha value is -1.30. The SMILES string of the molecule is CC.CC1=C(C)C(c2cccc(C)c2C)=CCC1. The normalized spacial score (nSPS) is 14.9. The Balaban J connectivity index is 0.000000771. The molecule has 0 spiro atoms. The molecule has 1 aromatic rings. The van der Waals surface area contributed by atoms with Crippen molar-refractivity contribution in [2.24, 2.45) is 0 Å². The topological polar surface area (TPSA) is 0 Å². The third-order valence-electron chi connectivity index (χ3n) is 3.81. The minimum atomic E-state index is 1.19. The van der Waals surface area contributed by atoms with Crippen LogP contribution in [0, 0.1) is 13.8 Å². The Kier molecular flexibility index (Phi) is 5.40. The van der Waals surface area contributed by atoms with Crippen LogP contribution in [0.2, 0.25) is 0 Å².